The molecule has 0 saturated carbocycles. The van der Waals surface area contributed by atoms with E-state index in [1.807, 2.05) is 0 Å². The third kappa shape index (κ3) is 5.10. The number of hydrogen-bond acceptors (Lipinski definition) is 6. The van der Waals surface area contributed by atoms with Crippen LogP contribution in [0.25, 0.3) is 0 Å². The lowest BCUT2D eigenvalue weighted by Gasteiger charge is -2.14. The molecule has 8 nitrogen and oxygen atoms in total. The number of nitrogens with zero attached hydrogens (tertiary/aromatic N) is 1. The molecule has 2 aromatic rings. The Kier molecular flexibility index (Phi) is 5.50. The van der Waals surface area contributed by atoms with Gasteiger partial charge in [-0.15, -0.1) is 0 Å². The number of anilines is 1. The van der Waals surface area contributed by atoms with Gasteiger partial charge in [0.1, 0.15) is 0 Å². The zero-order chi connectivity index (χ0) is 18.6. The molecule has 1 heterocycles. The van der Waals surface area contributed by atoms with Gasteiger partial charge in [-0.05, 0) is 44.2 Å². The first kappa shape index (κ1) is 18.6. The standard InChI is InChI=1S/C16H17N3O5S/c1-10-6-7-12(9-18-10)16(21)24-11(2)15(20)19-13-4-3-5-14(8-13)25(17,22)23/h3-9,11H,1-2H3,(H,19,20)(H2,17,22,23). The van der Waals surface area contributed by atoms with Gasteiger partial charge in [-0.25, -0.2) is 18.4 Å². The average Bonchev–Trinajstić information content (AvgIpc) is 2.54. The van der Waals surface area contributed by atoms with Crippen LogP contribution in [0, 0.1) is 6.92 Å². The molecule has 0 aliphatic carbocycles. The third-order valence-electron chi connectivity index (χ3n) is 3.23. The van der Waals surface area contributed by atoms with Crippen molar-refractivity contribution >= 4 is 27.6 Å². The van der Waals surface area contributed by atoms with E-state index in [9.17, 15) is 18.0 Å². The maximum absolute atomic E-state index is 12.1. The zero-order valence-electron chi connectivity index (χ0n) is 13.6. The summed E-state index contributed by atoms with van der Waals surface area (Å²) in [7, 11) is -3.88. The number of hydrogen-bond donors (Lipinski definition) is 2. The number of nitrogens with one attached hydrogen (secondary N) is 1. The van der Waals surface area contributed by atoms with Gasteiger partial charge in [-0.2, -0.15) is 0 Å². The maximum Gasteiger partial charge on any atom is 0.340 e. The first-order valence-electron chi connectivity index (χ1n) is 7.24. The van der Waals surface area contributed by atoms with Crippen molar-refractivity contribution in [1.82, 2.24) is 4.98 Å². The SMILES string of the molecule is Cc1ccc(C(=O)OC(C)C(=O)Nc2cccc(S(N)(=O)=O)c2)cn1. The second-order valence-corrected chi connectivity index (χ2v) is 6.86. The Morgan fingerprint density at radius 3 is 2.56 bits per heavy atom. The van der Waals surface area contributed by atoms with Crippen molar-refractivity contribution in [2.24, 2.45) is 5.14 Å². The van der Waals surface area contributed by atoms with Crippen LogP contribution in [-0.2, 0) is 19.6 Å². The topological polar surface area (TPSA) is 128 Å². The first-order chi connectivity index (χ1) is 11.7. The highest BCUT2D eigenvalue weighted by atomic mass is 32.2. The van der Waals surface area contributed by atoms with E-state index in [1.165, 1.54) is 37.4 Å². The monoisotopic (exact) mass is 363 g/mol. The number of nitrogens with two attached hydrogens (primary N) is 1. The summed E-state index contributed by atoms with van der Waals surface area (Å²) in [6.45, 7) is 3.18. The normalized spacial score (nSPS) is 12.3. The summed E-state index contributed by atoms with van der Waals surface area (Å²) in [4.78, 5) is 27.9. The number of ether oxygens (including phenoxy) is 1. The van der Waals surface area contributed by atoms with Crippen molar-refractivity contribution < 1.29 is 22.7 Å². The quantitative estimate of drug-likeness (QED) is 0.769. The van der Waals surface area contributed by atoms with Crippen molar-refractivity contribution in [3.63, 3.8) is 0 Å². The number of carbonyl (C=O) groups is 2. The molecule has 1 atom stereocenters. The Morgan fingerprint density at radius 1 is 1.24 bits per heavy atom. The maximum atomic E-state index is 12.1. The van der Waals surface area contributed by atoms with E-state index < -0.39 is 28.0 Å². The Bertz CT molecular complexity index is 894. The molecular formula is C16H17N3O5S. The van der Waals surface area contributed by atoms with Crippen molar-refractivity contribution in [2.45, 2.75) is 24.8 Å². The molecule has 1 aromatic carbocycles. The number of amides is 1. The molecule has 1 aromatic heterocycles. The second-order valence-electron chi connectivity index (χ2n) is 5.30. The van der Waals surface area contributed by atoms with Gasteiger partial charge in [-0.1, -0.05) is 6.07 Å². The van der Waals surface area contributed by atoms with Crippen molar-refractivity contribution in [3.8, 4) is 0 Å². The summed E-state index contributed by atoms with van der Waals surface area (Å²) in [5.41, 5.74) is 1.19. The average molecular weight is 363 g/mol. The number of aromatic nitrogens is 1. The van der Waals surface area contributed by atoms with Crippen molar-refractivity contribution in [3.05, 3.63) is 53.9 Å². The van der Waals surface area contributed by atoms with Crippen LogP contribution in [0.1, 0.15) is 23.0 Å². The summed E-state index contributed by atoms with van der Waals surface area (Å²) in [6.07, 6.45) is 0.268. The van der Waals surface area contributed by atoms with Gasteiger partial charge in [0.25, 0.3) is 5.91 Å². The molecule has 0 radical (unpaired) electrons. The van der Waals surface area contributed by atoms with Gasteiger partial charge < -0.3 is 10.1 Å². The molecule has 2 rings (SSSR count). The van der Waals surface area contributed by atoms with E-state index in [-0.39, 0.29) is 16.1 Å². The Balaban J connectivity index is 2.03. The second kappa shape index (κ2) is 7.41. The number of carbonyl (C=O) groups excluding carboxylic acids is 2. The van der Waals surface area contributed by atoms with Crippen LogP contribution < -0.4 is 10.5 Å². The molecule has 9 heteroatoms. The minimum absolute atomic E-state index is 0.138. The summed E-state index contributed by atoms with van der Waals surface area (Å²) < 4.78 is 27.7. The molecule has 0 spiro atoms. The number of benzene rings is 1. The fourth-order valence-electron chi connectivity index (χ4n) is 1.87. The highest BCUT2D eigenvalue weighted by Crippen LogP contribution is 2.15. The lowest BCUT2D eigenvalue weighted by molar-refractivity contribution is -0.123. The highest BCUT2D eigenvalue weighted by molar-refractivity contribution is 7.89. The summed E-state index contributed by atoms with van der Waals surface area (Å²) in [6, 6.07) is 8.64. The van der Waals surface area contributed by atoms with E-state index in [1.54, 1.807) is 19.1 Å². The molecule has 3 N–H and O–H groups in total. The Labute approximate surface area is 145 Å². The minimum atomic E-state index is -3.88. The number of primary sulfonamides is 1. The molecule has 0 aliphatic heterocycles. The van der Waals surface area contributed by atoms with Crippen LogP contribution in [0.3, 0.4) is 0 Å². The van der Waals surface area contributed by atoms with E-state index >= 15 is 0 Å². The van der Waals surface area contributed by atoms with Gasteiger partial charge in [0, 0.05) is 17.6 Å². The van der Waals surface area contributed by atoms with Gasteiger partial charge in [0.2, 0.25) is 10.0 Å². The number of pyridine rings is 1. The van der Waals surface area contributed by atoms with Crippen LogP contribution >= 0.6 is 0 Å². The lowest BCUT2D eigenvalue weighted by Crippen LogP contribution is -2.30. The molecule has 0 saturated heterocycles. The smallest absolute Gasteiger partial charge is 0.340 e. The number of esters is 1. The van der Waals surface area contributed by atoms with E-state index in [0.29, 0.717) is 0 Å². The van der Waals surface area contributed by atoms with Crippen LogP contribution in [0.5, 0.6) is 0 Å². The molecule has 0 fully saturated rings. The number of rotatable bonds is 5. The van der Waals surface area contributed by atoms with Crippen LogP contribution in [0.15, 0.2) is 47.5 Å². The fourth-order valence-corrected chi connectivity index (χ4v) is 2.42. The molecule has 132 valence electrons. The molecular weight excluding hydrogens is 346 g/mol. The first-order valence-corrected chi connectivity index (χ1v) is 8.79. The van der Waals surface area contributed by atoms with Crippen LogP contribution in [0.4, 0.5) is 5.69 Å². The molecule has 1 amide bonds. The summed E-state index contributed by atoms with van der Waals surface area (Å²) >= 11 is 0. The zero-order valence-corrected chi connectivity index (χ0v) is 14.4. The minimum Gasteiger partial charge on any atom is -0.449 e. The molecule has 0 bridgehead atoms. The highest BCUT2D eigenvalue weighted by Gasteiger charge is 2.19. The largest absolute Gasteiger partial charge is 0.449 e. The summed E-state index contributed by atoms with van der Waals surface area (Å²) in [5.74, 6) is -1.30. The fraction of sp³-hybridized carbons (Fsp3) is 0.188. The van der Waals surface area contributed by atoms with Crippen molar-refractivity contribution in [2.75, 3.05) is 5.32 Å². The predicted molar refractivity (Wildman–Crippen MR) is 90.3 cm³/mol. The van der Waals surface area contributed by atoms with Gasteiger partial charge in [0.15, 0.2) is 6.10 Å². The predicted octanol–water partition coefficient (Wildman–Crippen LogP) is 1.22. The Hall–Kier alpha value is -2.78. The summed E-state index contributed by atoms with van der Waals surface area (Å²) in [5, 5.41) is 7.51. The number of sulfonamides is 1. The van der Waals surface area contributed by atoms with E-state index in [0.717, 1.165) is 5.69 Å². The van der Waals surface area contributed by atoms with Gasteiger partial charge >= 0.3 is 5.97 Å². The van der Waals surface area contributed by atoms with E-state index in [4.69, 9.17) is 9.88 Å². The third-order valence-corrected chi connectivity index (χ3v) is 4.14. The van der Waals surface area contributed by atoms with Gasteiger partial charge in [0.05, 0.1) is 10.5 Å². The molecule has 25 heavy (non-hydrogen) atoms. The van der Waals surface area contributed by atoms with Gasteiger partial charge in [-0.3, -0.25) is 9.78 Å². The van der Waals surface area contributed by atoms with Crippen molar-refractivity contribution in [1.29, 1.82) is 0 Å². The van der Waals surface area contributed by atoms with Crippen LogP contribution in [0.2, 0.25) is 0 Å². The van der Waals surface area contributed by atoms with Crippen LogP contribution in [-0.4, -0.2) is 31.4 Å². The molecule has 1 unspecified atom stereocenters. The lowest BCUT2D eigenvalue weighted by atomic mass is 10.2. The van der Waals surface area contributed by atoms with E-state index in [2.05, 4.69) is 10.3 Å². The number of aryl methyl sites for hydroxylation is 1. The Morgan fingerprint density at radius 2 is 1.96 bits per heavy atom. The molecule has 0 aliphatic rings.